The van der Waals surface area contributed by atoms with E-state index in [1.807, 2.05) is 0 Å². The van der Waals surface area contributed by atoms with Gasteiger partial charge < -0.3 is 10.1 Å². The molecule has 158 valence electrons. The Morgan fingerprint density at radius 3 is 2.68 bits per heavy atom. The molecule has 1 unspecified atom stereocenters. The highest BCUT2D eigenvalue weighted by Crippen LogP contribution is 2.21. The smallest absolute Gasteiger partial charge is 0.261 e. The van der Waals surface area contributed by atoms with E-state index >= 15 is 0 Å². The molecule has 0 saturated carbocycles. The van der Waals surface area contributed by atoms with Crippen molar-refractivity contribution in [2.75, 3.05) is 0 Å². The third-order valence-electron chi connectivity index (χ3n) is 4.62. The van der Waals surface area contributed by atoms with Crippen LogP contribution in [-0.4, -0.2) is 31.6 Å². The zero-order valence-corrected chi connectivity index (χ0v) is 16.8. The van der Waals surface area contributed by atoms with Crippen molar-refractivity contribution in [1.82, 2.24) is 24.9 Å². The highest BCUT2D eigenvalue weighted by molar-refractivity contribution is 5.81. The van der Waals surface area contributed by atoms with Crippen molar-refractivity contribution in [3.8, 4) is 17.0 Å². The van der Waals surface area contributed by atoms with Crippen LogP contribution in [0, 0.1) is 11.6 Å². The largest absolute Gasteiger partial charge is 0.481 e. The minimum absolute atomic E-state index is 0.257. The Morgan fingerprint density at radius 2 is 1.90 bits per heavy atom. The summed E-state index contributed by atoms with van der Waals surface area (Å²) in [6.07, 6.45) is 0.591. The molecule has 1 amide bonds. The molecule has 2 heterocycles. The second-order valence-electron chi connectivity index (χ2n) is 6.97. The van der Waals surface area contributed by atoms with E-state index in [4.69, 9.17) is 4.74 Å². The minimum Gasteiger partial charge on any atom is -0.481 e. The molecule has 0 radical (unpaired) electrons. The number of halogens is 2. The van der Waals surface area contributed by atoms with Crippen molar-refractivity contribution in [2.45, 2.75) is 26.0 Å². The Bertz CT molecular complexity index is 1240. The first-order chi connectivity index (χ1) is 14.9. The third kappa shape index (κ3) is 4.50. The highest BCUT2D eigenvalue weighted by Gasteiger charge is 2.21. The number of carbonyl (C=O) groups excluding carboxylic acids is 1. The van der Waals surface area contributed by atoms with Gasteiger partial charge in [-0.25, -0.2) is 23.3 Å². The Labute approximate surface area is 176 Å². The second kappa shape index (κ2) is 8.47. The molecule has 31 heavy (non-hydrogen) atoms. The van der Waals surface area contributed by atoms with E-state index in [2.05, 4.69) is 20.4 Å². The van der Waals surface area contributed by atoms with Gasteiger partial charge in [0.05, 0.1) is 11.7 Å². The zero-order valence-electron chi connectivity index (χ0n) is 16.8. The molecule has 7 nitrogen and oxygen atoms in total. The maximum absolute atomic E-state index is 14.0. The summed E-state index contributed by atoms with van der Waals surface area (Å²) in [4.78, 5) is 21.1. The third-order valence-corrected chi connectivity index (χ3v) is 4.62. The van der Waals surface area contributed by atoms with E-state index in [0.717, 1.165) is 0 Å². The summed E-state index contributed by atoms with van der Waals surface area (Å²) in [5.41, 5.74) is 1.26. The van der Waals surface area contributed by atoms with Crippen LogP contribution >= 0.6 is 0 Å². The Kier molecular flexibility index (Phi) is 5.57. The summed E-state index contributed by atoms with van der Waals surface area (Å²) >= 11 is 0. The number of amides is 1. The number of aromatic nitrogens is 4. The van der Waals surface area contributed by atoms with E-state index in [0.29, 0.717) is 22.7 Å². The average Bonchev–Trinajstić information content (AvgIpc) is 3.17. The lowest BCUT2D eigenvalue weighted by molar-refractivity contribution is -0.128. The normalized spacial score (nSPS) is 13.0. The van der Waals surface area contributed by atoms with Gasteiger partial charge in [0.15, 0.2) is 17.6 Å². The van der Waals surface area contributed by atoms with Crippen LogP contribution < -0.4 is 10.1 Å². The maximum atomic E-state index is 14.0. The molecule has 1 N–H and O–H groups in total. The quantitative estimate of drug-likeness (QED) is 0.511. The fraction of sp³-hybridized carbons (Fsp3) is 0.182. The molecule has 4 aromatic rings. The first-order valence-electron chi connectivity index (χ1n) is 9.60. The van der Waals surface area contributed by atoms with Gasteiger partial charge >= 0.3 is 0 Å². The van der Waals surface area contributed by atoms with Crippen molar-refractivity contribution in [2.24, 2.45) is 0 Å². The number of hydrogen-bond acceptors (Lipinski definition) is 5. The lowest BCUT2D eigenvalue weighted by Crippen LogP contribution is -2.38. The van der Waals surface area contributed by atoms with Crippen molar-refractivity contribution in [3.05, 3.63) is 78.4 Å². The second-order valence-corrected chi connectivity index (χ2v) is 6.97. The standard InChI is InChI=1S/C22H19F2N5O2/c1-13(26-22(30)14(2)31-16-7-5-6-15(23)10-16)21-27-20-11-19(25-12-29(20)28-21)17-8-3-4-9-18(17)24/h3-14H,1-2H3,(H,26,30)/t13-,14?/m0/s1. The first-order valence-corrected chi connectivity index (χ1v) is 9.60. The number of nitrogens with zero attached hydrogens (tertiary/aromatic N) is 4. The molecule has 0 aliphatic rings. The number of hydrogen-bond donors (Lipinski definition) is 1. The monoisotopic (exact) mass is 423 g/mol. The number of benzene rings is 2. The predicted octanol–water partition coefficient (Wildman–Crippen LogP) is 3.71. The van der Waals surface area contributed by atoms with E-state index < -0.39 is 23.9 Å². The summed E-state index contributed by atoms with van der Waals surface area (Å²) in [6, 6.07) is 13.0. The van der Waals surface area contributed by atoms with Crippen molar-refractivity contribution in [1.29, 1.82) is 0 Å². The van der Waals surface area contributed by atoms with Crippen molar-refractivity contribution < 1.29 is 18.3 Å². The molecule has 2 aromatic carbocycles. The number of rotatable bonds is 6. The van der Waals surface area contributed by atoms with Gasteiger partial charge in [-0.1, -0.05) is 18.2 Å². The van der Waals surface area contributed by atoms with Gasteiger partial charge in [0, 0.05) is 17.7 Å². The minimum atomic E-state index is -0.851. The van der Waals surface area contributed by atoms with E-state index in [-0.39, 0.29) is 11.6 Å². The molecule has 0 aliphatic carbocycles. The molecule has 0 spiro atoms. The van der Waals surface area contributed by atoms with Crippen LogP contribution in [0.4, 0.5) is 8.78 Å². The summed E-state index contributed by atoms with van der Waals surface area (Å²) < 4.78 is 34.3. The summed E-state index contributed by atoms with van der Waals surface area (Å²) in [7, 11) is 0. The number of ether oxygens (including phenoxy) is 1. The topological polar surface area (TPSA) is 81.4 Å². The molecule has 0 fully saturated rings. The van der Waals surface area contributed by atoms with E-state index in [1.165, 1.54) is 35.1 Å². The van der Waals surface area contributed by atoms with Crippen molar-refractivity contribution in [3.63, 3.8) is 0 Å². The predicted molar refractivity (Wildman–Crippen MR) is 109 cm³/mol. The highest BCUT2D eigenvalue weighted by atomic mass is 19.1. The Balaban J connectivity index is 1.48. The van der Waals surface area contributed by atoms with Crippen molar-refractivity contribution >= 4 is 11.6 Å². The van der Waals surface area contributed by atoms with Gasteiger partial charge in [0.1, 0.15) is 23.7 Å². The summed E-state index contributed by atoms with van der Waals surface area (Å²) in [5.74, 6) is -0.616. The number of carbonyl (C=O) groups is 1. The van der Waals surface area contributed by atoms with Crippen LogP contribution in [0.3, 0.4) is 0 Å². The molecule has 0 saturated heterocycles. The molecule has 2 aromatic heterocycles. The van der Waals surface area contributed by atoms with Gasteiger partial charge in [0.25, 0.3) is 5.91 Å². The molecule has 9 heteroatoms. The van der Waals surface area contributed by atoms with Crippen LogP contribution in [-0.2, 0) is 4.79 Å². The first kappa shape index (κ1) is 20.4. The van der Waals surface area contributed by atoms with Crippen LogP contribution in [0.15, 0.2) is 60.9 Å². The molecule has 0 bridgehead atoms. The summed E-state index contributed by atoms with van der Waals surface area (Å²) in [6.45, 7) is 3.29. The van der Waals surface area contributed by atoms with Crippen LogP contribution in [0.1, 0.15) is 25.7 Å². The van der Waals surface area contributed by atoms with Gasteiger partial charge in [-0.05, 0) is 38.1 Å². The van der Waals surface area contributed by atoms with Gasteiger partial charge in [-0.15, -0.1) is 5.10 Å². The lowest BCUT2D eigenvalue weighted by atomic mass is 10.1. The molecular weight excluding hydrogens is 404 g/mol. The average molecular weight is 423 g/mol. The van der Waals surface area contributed by atoms with Crippen LogP contribution in [0.5, 0.6) is 5.75 Å². The maximum Gasteiger partial charge on any atom is 0.261 e. The fourth-order valence-electron chi connectivity index (χ4n) is 3.01. The number of fused-ring (bicyclic) bond motifs is 1. The van der Waals surface area contributed by atoms with Gasteiger partial charge in [-0.2, -0.15) is 0 Å². The molecule has 0 aliphatic heterocycles. The zero-order chi connectivity index (χ0) is 22.0. The molecule has 4 rings (SSSR count). The Hall–Kier alpha value is -3.88. The van der Waals surface area contributed by atoms with Crippen LogP contribution in [0.25, 0.3) is 16.9 Å². The SMILES string of the molecule is CC(Oc1cccc(F)c1)C(=O)N[C@@H](C)c1nc2cc(-c3ccccc3F)ncn2n1. The number of nitrogens with one attached hydrogen (secondary N) is 1. The molecule has 2 atom stereocenters. The fourth-order valence-corrected chi connectivity index (χ4v) is 3.01. The Morgan fingerprint density at radius 1 is 1.10 bits per heavy atom. The van der Waals surface area contributed by atoms with Gasteiger partial charge in [0.2, 0.25) is 0 Å². The molecular formula is C22H19F2N5O2. The van der Waals surface area contributed by atoms with Crippen LogP contribution in [0.2, 0.25) is 0 Å². The van der Waals surface area contributed by atoms with Gasteiger partial charge in [-0.3, -0.25) is 4.79 Å². The van der Waals surface area contributed by atoms with E-state index in [9.17, 15) is 13.6 Å². The van der Waals surface area contributed by atoms with E-state index in [1.54, 1.807) is 44.2 Å². The lowest BCUT2D eigenvalue weighted by Gasteiger charge is -2.17. The summed E-state index contributed by atoms with van der Waals surface area (Å²) in [5, 5.41) is 7.09.